The monoisotopic (exact) mass is 583 g/mol. The van der Waals surface area contributed by atoms with Crippen LogP contribution in [0.2, 0.25) is 5.02 Å². The van der Waals surface area contributed by atoms with Crippen LogP contribution in [0.1, 0.15) is 57.6 Å². The molecule has 3 aromatic carbocycles. The number of hydrogen-bond donors (Lipinski definition) is 1. The molecule has 0 aliphatic heterocycles. The average Bonchev–Trinajstić information content (AvgIpc) is 2.96. The van der Waals surface area contributed by atoms with Gasteiger partial charge in [0.25, 0.3) is 10.0 Å². The van der Waals surface area contributed by atoms with Gasteiger partial charge in [-0.05, 0) is 60.2 Å². The van der Waals surface area contributed by atoms with Crippen molar-refractivity contribution in [2.24, 2.45) is 0 Å². The largest absolute Gasteiger partial charge is 0.354 e. The number of sulfonamides is 1. The van der Waals surface area contributed by atoms with E-state index in [4.69, 9.17) is 11.6 Å². The zero-order valence-corrected chi connectivity index (χ0v) is 25.1. The minimum absolute atomic E-state index is 0.0576. The van der Waals surface area contributed by atoms with Crippen molar-refractivity contribution in [2.75, 3.05) is 17.4 Å². The van der Waals surface area contributed by atoms with Crippen LogP contribution >= 0.6 is 11.6 Å². The molecule has 0 saturated heterocycles. The van der Waals surface area contributed by atoms with Crippen molar-refractivity contribution in [3.05, 3.63) is 95.0 Å². The van der Waals surface area contributed by atoms with E-state index in [2.05, 4.69) is 19.2 Å². The number of rotatable bonds is 13. The summed E-state index contributed by atoms with van der Waals surface area (Å²) in [6.07, 6.45) is 1.09. The molecule has 9 heteroatoms. The highest BCUT2D eigenvalue weighted by molar-refractivity contribution is 7.92. The van der Waals surface area contributed by atoms with Gasteiger partial charge in [-0.2, -0.15) is 0 Å². The summed E-state index contributed by atoms with van der Waals surface area (Å²) in [6, 6.07) is 21.5. The third-order valence-electron chi connectivity index (χ3n) is 6.69. The Morgan fingerprint density at radius 1 is 0.900 bits per heavy atom. The summed E-state index contributed by atoms with van der Waals surface area (Å²) < 4.78 is 28.9. The quantitative estimate of drug-likeness (QED) is 0.268. The molecule has 0 radical (unpaired) electrons. The molecule has 0 saturated carbocycles. The molecule has 1 N–H and O–H groups in total. The molecule has 0 spiro atoms. The molecule has 0 heterocycles. The van der Waals surface area contributed by atoms with Gasteiger partial charge in [-0.3, -0.25) is 13.9 Å². The molecule has 0 aliphatic rings. The van der Waals surface area contributed by atoms with E-state index < -0.39 is 28.5 Å². The Morgan fingerprint density at radius 2 is 1.52 bits per heavy atom. The van der Waals surface area contributed by atoms with Crippen molar-refractivity contribution in [1.29, 1.82) is 0 Å². The molecular formula is C31H38ClN3O4S. The first-order valence-electron chi connectivity index (χ1n) is 13.6. The normalized spacial score (nSPS) is 12.2. The second-order valence-corrected chi connectivity index (χ2v) is 12.2. The maximum Gasteiger partial charge on any atom is 0.264 e. The summed E-state index contributed by atoms with van der Waals surface area (Å²) in [5, 5.41) is 3.34. The highest BCUT2D eigenvalue weighted by Crippen LogP contribution is 2.27. The van der Waals surface area contributed by atoms with Crippen LogP contribution < -0.4 is 9.62 Å². The number of nitrogens with zero attached hydrogens (tertiary/aromatic N) is 2. The van der Waals surface area contributed by atoms with Gasteiger partial charge in [-0.1, -0.05) is 87.8 Å². The van der Waals surface area contributed by atoms with Gasteiger partial charge in [0.2, 0.25) is 11.8 Å². The molecule has 3 aromatic rings. The van der Waals surface area contributed by atoms with E-state index in [1.807, 2.05) is 32.0 Å². The molecule has 7 nitrogen and oxygen atoms in total. The number of amides is 2. The van der Waals surface area contributed by atoms with Crippen LogP contribution in [0, 0.1) is 0 Å². The summed E-state index contributed by atoms with van der Waals surface area (Å²) in [5.74, 6) is -0.540. The van der Waals surface area contributed by atoms with Crippen molar-refractivity contribution in [2.45, 2.75) is 63.9 Å². The zero-order valence-electron chi connectivity index (χ0n) is 23.5. The number of nitrogens with one attached hydrogen (secondary N) is 1. The van der Waals surface area contributed by atoms with Gasteiger partial charge >= 0.3 is 0 Å². The van der Waals surface area contributed by atoms with Crippen molar-refractivity contribution in [3.63, 3.8) is 0 Å². The molecular weight excluding hydrogens is 546 g/mol. The minimum atomic E-state index is -4.10. The SMILES string of the molecule is CCCNC(=O)[C@H](CC)N(Cc1ccccc1Cl)C(=O)CN(c1ccc(C(C)C)cc1)S(=O)(=O)c1ccccc1. The van der Waals surface area contributed by atoms with E-state index in [0.29, 0.717) is 29.2 Å². The summed E-state index contributed by atoms with van der Waals surface area (Å²) in [7, 11) is -4.10. The molecule has 3 rings (SSSR count). The smallest absolute Gasteiger partial charge is 0.264 e. The van der Waals surface area contributed by atoms with Crippen molar-refractivity contribution < 1.29 is 18.0 Å². The summed E-state index contributed by atoms with van der Waals surface area (Å²) >= 11 is 6.43. The second kappa shape index (κ2) is 14.3. The minimum Gasteiger partial charge on any atom is -0.354 e. The van der Waals surface area contributed by atoms with Crippen LogP contribution in [-0.2, 0) is 26.2 Å². The third kappa shape index (κ3) is 7.64. The maximum absolute atomic E-state index is 14.1. The average molecular weight is 584 g/mol. The number of carbonyl (C=O) groups excluding carboxylic acids is 2. The molecule has 40 heavy (non-hydrogen) atoms. The fourth-order valence-electron chi connectivity index (χ4n) is 4.37. The highest BCUT2D eigenvalue weighted by atomic mass is 35.5. The first kappa shape index (κ1) is 31.2. The molecule has 0 aliphatic carbocycles. The van der Waals surface area contributed by atoms with Crippen molar-refractivity contribution in [3.8, 4) is 0 Å². The Morgan fingerprint density at radius 3 is 2.10 bits per heavy atom. The number of halogens is 1. The van der Waals surface area contributed by atoms with Gasteiger partial charge in [0, 0.05) is 18.1 Å². The van der Waals surface area contributed by atoms with Gasteiger partial charge in [0.1, 0.15) is 12.6 Å². The van der Waals surface area contributed by atoms with Crippen molar-refractivity contribution in [1.82, 2.24) is 10.2 Å². The second-order valence-electron chi connectivity index (χ2n) is 9.90. The summed E-state index contributed by atoms with van der Waals surface area (Å²) in [5.41, 5.74) is 2.08. The van der Waals surface area contributed by atoms with E-state index in [1.54, 1.807) is 48.5 Å². The Kier molecular flexibility index (Phi) is 11.2. The first-order valence-corrected chi connectivity index (χ1v) is 15.4. The predicted molar refractivity (Wildman–Crippen MR) is 161 cm³/mol. The first-order chi connectivity index (χ1) is 19.1. The highest BCUT2D eigenvalue weighted by Gasteiger charge is 2.33. The molecule has 2 amide bonds. The molecule has 0 bridgehead atoms. The number of carbonyl (C=O) groups is 2. The molecule has 0 fully saturated rings. The van der Waals surface area contributed by atoms with Gasteiger partial charge in [0.15, 0.2) is 0 Å². The van der Waals surface area contributed by atoms with Crippen molar-refractivity contribution >= 4 is 39.1 Å². The summed E-state index contributed by atoms with van der Waals surface area (Å²) in [4.78, 5) is 28.7. The van der Waals surface area contributed by atoms with E-state index >= 15 is 0 Å². The Balaban J connectivity index is 2.06. The van der Waals surface area contributed by atoms with Gasteiger partial charge in [-0.25, -0.2) is 8.42 Å². The van der Waals surface area contributed by atoms with E-state index in [-0.39, 0.29) is 23.3 Å². The van der Waals surface area contributed by atoms with Crippen LogP contribution in [0.5, 0.6) is 0 Å². The Bertz CT molecular complexity index is 1380. The topological polar surface area (TPSA) is 86.8 Å². The van der Waals surface area contributed by atoms with Gasteiger partial charge in [-0.15, -0.1) is 0 Å². The fraction of sp³-hybridized carbons (Fsp3) is 0.355. The zero-order chi connectivity index (χ0) is 29.3. The van der Waals surface area contributed by atoms with Crippen LogP contribution in [0.4, 0.5) is 5.69 Å². The van der Waals surface area contributed by atoms with E-state index in [0.717, 1.165) is 16.3 Å². The number of benzene rings is 3. The van der Waals surface area contributed by atoms with Gasteiger partial charge < -0.3 is 10.2 Å². The molecule has 0 unspecified atom stereocenters. The number of hydrogen-bond acceptors (Lipinski definition) is 4. The third-order valence-corrected chi connectivity index (χ3v) is 8.85. The fourth-order valence-corrected chi connectivity index (χ4v) is 6.00. The Hall–Kier alpha value is -3.36. The molecule has 214 valence electrons. The maximum atomic E-state index is 14.1. The van der Waals surface area contributed by atoms with Crippen LogP contribution in [0.25, 0.3) is 0 Å². The lowest BCUT2D eigenvalue weighted by Crippen LogP contribution is -2.52. The van der Waals surface area contributed by atoms with E-state index in [9.17, 15) is 18.0 Å². The summed E-state index contributed by atoms with van der Waals surface area (Å²) in [6.45, 7) is 7.93. The molecule has 1 atom stereocenters. The van der Waals surface area contributed by atoms with E-state index in [1.165, 1.54) is 17.0 Å². The van der Waals surface area contributed by atoms with Crippen LogP contribution in [-0.4, -0.2) is 44.3 Å². The lowest BCUT2D eigenvalue weighted by atomic mass is 10.0. The lowest BCUT2D eigenvalue weighted by Gasteiger charge is -2.33. The molecule has 0 aromatic heterocycles. The lowest BCUT2D eigenvalue weighted by molar-refractivity contribution is -0.140. The predicted octanol–water partition coefficient (Wildman–Crippen LogP) is 5.99. The van der Waals surface area contributed by atoms with Gasteiger partial charge in [0.05, 0.1) is 10.6 Å². The standard InChI is InChI=1S/C31H38ClN3O4S/c1-5-20-33-31(37)29(6-2)34(21-25-12-10-11-15-28(25)32)30(36)22-35(26-18-16-24(17-19-26)23(3)4)40(38,39)27-13-8-7-9-14-27/h7-19,23,29H,5-6,20-22H2,1-4H3,(H,33,37)/t29-/m0/s1. The number of anilines is 1. The Labute approximate surface area is 243 Å². The van der Waals surface area contributed by atoms with Crippen LogP contribution in [0.3, 0.4) is 0 Å². The van der Waals surface area contributed by atoms with Crippen LogP contribution in [0.15, 0.2) is 83.8 Å².